The van der Waals surface area contributed by atoms with Gasteiger partial charge in [-0.15, -0.1) is 0 Å². The Hall–Kier alpha value is -2.62. The van der Waals surface area contributed by atoms with E-state index in [0.717, 1.165) is 11.3 Å². The molecule has 120 valence electrons. The Morgan fingerprint density at radius 3 is 2.52 bits per heavy atom. The molecule has 0 aromatic heterocycles. The van der Waals surface area contributed by atoms with Gasteiger partial charge in [-0.1, -0.05) is 38.1 Å². The Bertz CT molecular complexity index is 707. The molecule has 0 aliphatic carbocycles. The fourth-order valence-electron chi connectivity index (χ4n) is 2.13. The van der Waals surface area contributed by atoms with E-state index in [4.69, 9.17) is 4.74 Å². The highest BCUT2D eigenvalue weighted by Crippen LogP contribution is 2.18. The second kappa shape index (κ2) is 7.58. The number of amides is 1. The van der Waals surface area contributed by atoms with E-state index in [9.17, 15) is 9.59 Å². The lowest BCUT2D eigenvalue weighted by Gasteiger charge is -2.10. The molecular weight excluding hydrogens is 290 g/mol. The molecular formula is C19H21NO3. The molecule has 2 aromatic rings. The average Bonchev–Trinajstić information content (AvgIpc) is 2.53. The Labute approximate surface area is 136 Å². The van der Waals surface area contributed by atoms with Crippen LogP contribution in [-0.4, -0.2) is 18.3 Å². The zero-order valence-electron chi connectivity index (χ0n) is 13.6. The quantitative estimate of drug-likeness (QED) is 0.819. The number of hydrogen-bond acceptors (Lipinski definition) is 3. The molecule has 23 heavy (non-hydrogen) atoms. The number of carbonyl (C=O) groups is 2. The van der Waals surface area contributed by atoms with Crippen LogP contribution in [0.3, 0.4) is 0 Å². The van der Waals surface area contributed by atoms with E-state index in [0.29, 0.717) is 17.2 Å². The molecule has 0 saturated carbocycles. The van der Waals surface area contributed by atoms with Gasteiger partial charge in [-0.25, -0.2) is 0 Å². The van der Waals surface area contributed by atoms with Crippen LogP contribution in [0.4, 0.5) is 5.69 Å². The van der Waals surface area contributed by atoms with Crippen molar-refractivity contribution in [2.24, 2.45) is 0 Å². The van der Waals surface area contributed by atoms with Crippen molar-refractivity contribution in [2.75, 3.05) is 11.9 Å². The van der Waals surface area contributed by atoms with Crippen molar-refractivity contribution in [3.63, 3.8) is 0 Å². The molecule has 2 rings (SSSR count). The summed E-state index contributed by atoms with van der Waals surface area (Å²) in [5.74, 6) is 0.630. The number of nitrogens with one attached hydrogen (secondary N) is 1. The van der Waals surface area contributed by atoms with Gasteiger partial charge in [0.2, 0.25) is 0 Å². The SMILES string of the molecule is CC(=O)c1cccc(OCC(=O)Nc2cccc(C(C)C)c2)c1. The Balaban J connectivity index is 1.94. The predicted octanol–water partition coefficient (Wildman–Crippen LogP) is 4.03. The van der Waals surface area contributed by atoms with Gasteiger partial charge in [0, 0.05) is 11.3 Å². The highest BCUT2D eigenvalue weighted by molar-refractivity contribution is 5.94. The van der Waals surface area contributed by atoms with Crippen LogP contribution in [0.25, 0.3) is 0 Å². The maximum atomic E-state index is 12.0. The van der Waals surface area contributed by atoms with Crippen LogP contribution in [0.1, 0.15) is 42.6 Å². The fourth-order valence-corrected chi connectivity index (χ4v) is 2.13. The first-order valence-electron chi connectivity index (χ1n) is 7.59. The standard InChI is InChI=1S/C19H21NO3/c1-13(2)15-6-4-8-17(10-15)20-19(22)12-23-18-9-5-7-16(11-18)14(3)21/h4-11,13H,12H2,1-3H3,(H,20,22). The Morgan fingerprint density at radius 2 is 1.83 bits per heavy atom. The van der Waals surface area contributed by atoms with E-state index in [1.807, 2.05) is 24.3 Å². The smallest absolute Gasteiger partial charge is 0.262 e. The first-order valence-corrected chi connectivity index (χ1v) is 7.59. The zero-order chi connectivity index (χ0) is 16.8. The summed E-state index contributed by atoms with van der Waals surface area (Å²) in [6.45, 7) is 5.60. The number of anilines is 1. The summed E-state index contributed by atoms with van der Waals surface area (Å²) in [6, 6.07) is 14.6. The van der Waals surface area contributed by atoms with E-state index in [-0.39, 0.29) is 18.3 Å². The lowest BCUT2D eigenvalue weighted by Crippen LogP contribution is -2.20. The molecule has 0 spiro atoms. The maximum Gasteiger partial charge on any atom is 0.262 e. The molecule has 4 nitrogen and oxygen atoms in total. The van der Waals surface area contributed by atoms with Crippen LogP contribution in [-0.2, 0) is 4.79 Å². The van der Waals surface area contributed by atoms with E-state index in [1.54, 1.807) is 24.3 Å². The molecule has 0 atom stereocenters. The van der Waals surface area contributed by atoms with Gasteiger partial charge in [-0.3, -0.25) is 9.59 Å². The van der Waals surface area contributed by atoms with Gasteiger partial charge in [0.1, 0.15) is 5.75 Å². The van der Waals surface area contributed by atoms with Gasteiger partial charge in [0.25, 0.3) is 5.91 Å². The number of rotatable bonds is 6. The highest BCUT2D eigenvalue weighted by atomic mass is 16.5. The summed E-state index contributed by atoms with van der Waals surface area (Å²) in [4.78, 5) is 23.3. The van der Waals surface area contributed by atoms with Crippen molar-refractivity contribution in [1.29, 1.82) is 0 Å². The van der Waals surface area contributed by atoms with Crippen molar-refractivity contribution in [2.45, 2.75) is 26.7 Å². The van der Waals surface area contributed by atoms with Crippen LogP contribution in [0.15, 0.2) is 48.5 Å². The van der Waals surface area contributed by atoms with Crippen LogP contribution in [0, 0.1) is 0 Å². The molecule has 0 bridgehead atoms. The van der Waals surface area contributed by atoms with Crippen molar-refractivity contribution in [1.82, 2.24) is 0 Å². The molecule has 4 heteroatoms. The first-order chi connectivity index (χ1) is 11.0. The van der Waals surface area contributed by atoms with Crippen LogP contribution < -0.4 is 10.1 Å². The highest BCUT2D eigenvalue weighted by Gasteiger charge is 2.07. The van der Waals surface area contributed by atoms with E-state index in [2.05, 4.69) is 19.2 Å². The first kappa shape index (κ1) is 16.7. The molecule has 0 aliphatic rings. The third kappa shape index (κ3) is 4.95. The van der Waals surface area contributed by atoms with Crippen LogP contribution in [0.2, 0.25) is 0 Å². The minimum atomic E-state index is -0.237. The average molecular weight is 311 g/mol. The number of ether oxygens (including phenoxy) is 1. The number of benzene rings is 2. The summed E-state index contributed by atoms with van der Waals surface area (Å²) in [5.41, 5.74) is 2.48. The van der Waals surface area contributed by atoms with Gasteiger partial charge in [-0.05, 0) is 42.7 Å². The van der Waals surface area contributed by atoms with Crippen molar-refractivity contribution < 1.29 is 14.3 Å². The largest absolute Gasteiger partial charge is 0.484 e. The molecule has 0 saturated heterocycles. The summed E-state index contributed by atoms with van der Waals surface area (Å²) in [7, 11) is 0. The molecule has 1 amide bonds. The number of ketones is 1. The minimum absolute atomic E-state index is 0.0367. The topological polar surface area (TPSA) is 55.4 Å². The predicted molar refractivity (Wildman–Crippen MR) is 91.1 cm³/mol. The van der Waals surface area contributed by atoms with Crippen molar-refractivity contribution in [3.05, 3.63) is 59.7 Å². The maximum absolute atomic E-state index is 12.0. The number of carbonyl (C=O) groups excluding carboxylic acids is 2. The van der Waals surface area contributed by atoms with Gasteiger partial charge in [-0.2, -0.15) is 0 Å². The molecule has 0 fully saturated rings. The summed E-state index contributed by atoms with van der Waals surface area (Å²) in [5, 5.41) is 2.81. The molecule has 0 heterocycles. The van der Waals surface area contributed by atoms with Gasteiger partial charge >= 0.3 is 0 Å². The summed E-state index contributed by atoms with van der Waals surface area (Å²) < 4.78 is 5.44. The lowest BCUT2D eigenvalue weighted by atomic mass is 10.0. The third-order valence-corrected chi connectivity index (χ3v) is 3.45. The third-order valence-electron chi connectivity index (χ3n) is 3.45. The van der Waals surface area contributed by atoms with Crippen LogP contribution in [0.5, 0.6) is 5.75 Å². The van der Waals surface area contributed by atoms with E-state index in [1.165, 1.54) is 6.92 Å². The van der Waals surface area contributed by atoms with E-state index >= 15 is 0 Å². The number of hydrogen-bond donors (Lipinski definition) is 1. The molecule has 2 aromatic carbocycles. The minimum Gasteiger partial charge on any atom is -0.484 e. The molecule has 0 aliphatic heterocycles. The monoisotopic (exact) mass is 311 g/mol. The number of Topliss-reactive ketones (excluding diaryl/α,β-unsaturated/α-hetero) is 1. The lowest BCUT2D eigenvalue weighted by molar-refractivity contribution is -0.118. The Morgan fingerprint density at radius 1 is 1.09 bits per heavy atom. The van der Waals surface area contributed by atoms with Crippen LogP contribution >= 0.6 is 0 Å². The summed E-state index contributed by atoms with van der Waals surface area (Å²) >= 11 is 0. The van der Waals surface area contributed by atoms with Crippen molar-refractivity contribution in [3.8, 4) is 5.75 Å². The molecule has 0 unspecified atom stereocenters. The van der Waals surface area contributed by atoms with Gasteiger partial charge < -0.3 is 10.1 Å². The fraction of sp³-hybridized carbons (Fsp3) is 0.263. The second-order valence-electron chi connectivity index (χ2n) is 5.70. The molecule has 0 radical (unpaired) electrons. The van der Waals surface area contributed by atoms with E-state index < -0.39 is 0 Å². The van der Waals surface area contributed by atoms with Gasteiger partial charge in [0.05, 0.1) is 0 Å². The molecule has 1 N–H and O–H groups in total. The zero-order valence-corrected chi connectivity index (χ0v) is 13.6. The Kier molecular flexibility index (Phi) is 5.52. The van der Waals surface area contributed by atoms with Crippen molar-refractivity contribution >= 4 is 17.4 Å². The summed E-state index contributed by atoms with van der Waals surface area (Å²) in [6.07, 6.45) is 0. The second-order valence-corrected chi connectivity index (χ2v) is 5.70. The van der Waals surface area contributed by atoms with Gasteiger partial charge in [0.15, 0.2) is 12.4 Å². The normalized spacial score (nSPS) is 10.4.